The Kier molecular flexibility index (Phi) is 7.35. The summed E-state index contributed by atoms with van der Waals surface area (Å²) in [6.07, 6.45) is 1.86. The highest BCUT2D eigenvalue weighted by Gasteiger charge is 2.33. The van der Waals surface area contributed by atoms with Gasteiger partial charge >= 0.3 is 0 Å². The van der Waals surface area contributed by atoms with Crippen molar-refractivity contribution in [3.8, 4) is 17.1 Å². The first-order valence-corrected chi connectivity index (χ1v) is 13.7. The molecule has 200 valence electrons. The van der Waals surface area contributed by atoms with Gasteiger partial charge in [-0.05, 0) is 77.8 Å². The SMILES string of the molecule is Cc1nc(OC(C)C)ccc1-c1ccc(C(=O)NS(=O)(=O)c2cccc(N)n2)c(N2[C@H](C)CC[C@@H]2C)n1.[HH].[HH]. The summed E-state index contributed by atoms with van der Waals surface area (Å²) in [5.41, 5.74) is 7.93. The van der Waals surface area contributed by atoms with Gasteiger partial charge in [-0.15, -0.1) is 0 Å². The first-order chi connectivity index (χ1) is 17.5. The fraction of sp³-hybridized carbons (Fsp3) is 0.385. The fourth-order valence-electron chi connectivity index (χ4n) is 4.51. The van der Waals surface area contributed by atoms with Crippen molar-refractivity contribution in [2.45, 2.75) is 70.7 Å². The predicted octanol–water partition coefficient (Wildman–Crippen LogP) is 4.20. The van der Waals surface area contributed by atoms with E-state index in [1.807, 2.05) is 26.8 Å². The number of rotatable bonds is 7. The van der Waals surface area contributed by atoms with Crippen LogP contribution in [0.1, 0.15) is 59.4 Å². The van der Waals surface area contributed by atoms with Crippen molar-refractivity contribution in [3.05, 3.63) is 53.7 Å². The lowest BCUT2D eigenvalue weighted by atomic mass is 10.1. The minimum Gasteiger partial charge on any atom is -0.475 e. The van der Waals surface area contributed by atoms with Crippen LogP contribution in [-0.2, 0) is 10.0 Å². The third kappa shape index (κ3) is 5.66. The number of aromatic nitrogens is 3. The number of nitrogen functional groups attached to an aromatic ring is 1. The van der Waals surface area contributed by atoms with Gasteiger partial charge in [0.15, 0.2) is 5.03 Å². The van der Waals surface area contributed by atoms with Crippen LogP contribution < -0.4 is 20.1 Å². The van der Waals surface area contributed by atoms with Crippen molar-refractivity contribution in [2.24, 2.45) is 0 Å². The maximum Gasteiger partial charge on any atom is 0.281 e. The summed E-state index contributed by atoms with van der Waals surface area (Å²) in [6.45, 7) is 9.88. The summed E-state index contributed by atoms with van der Waals surface area (Å²) in [5.74, 6) is 0.190. The van der Waals surface area contributed by atoms with Crippen molar-refractivity contribution < 1.29 is 20.8 Å². The van der Waals surface area contributed by atoms with E-state index in [-0.39, 0.29) is 37.4 Å². The van der Waals surface area contributed by atoms with Crippen LogP contribution in [0.5, 0.6) is 5.88 Å². The zero-order valence-electron chi connectivity index (χ0n) is 21.6. The first-order valence-electron chi connectivity index (χ1n) is 12.2. The molecule has 0 bridgehead atoms. The number of carbonyl (C=O) groups is 1. The third-order valence-corrected chi connectivity index (χ3v) is 7.49. The quantitative estimate of drug-likeness (QED) is 0.461. The maximum atomic E-state index is 13.3. The van der Waals surface area contributed by atoms with Crippen molar-refractivity contribution in [2.75, 3.05) is 10.6 Å². The summed E-state index contributed by atoms with van der Waals surface area (Å²) in [6, 6.07) is 11.4. The number of carbonyl (C=O) groups excluding carboxylic acids is 1. The van der Waals surface area contributed by atoms with Crippen LogP contribution in [0.3, 0.4) is 0 Å². The van der Waals surface area contributed by atoms with E-state index in [9.17, 15) is 13.2 Å². The molecule has 1 aliphatic heterocycles. The van der Waals surface area contributed by atoms with E-state index in [1.54, 1.807) is 18.2 Å². The van der Waals surface area contributed by atoms with Crippen LogP contribution in [0.2, 0.25) is 0 Å². The molecule has 4 rings (SSSR count). The molecule has 4 heterocycles. The van der Waals surface area contributed by atoms with Gasteiger partial charge in [0.25, 0.3) is 15.9 Å². The largest absolute Gasteiger partial charge is 0.475 e. The Morgan fingerprint density at radius 3 is 2.41 bits per heavy atom. The monoisotopic (exact) mass is 528 g/mol. The summed E-state index contributed by atoms with van der Waals surface area (Å²) in [7, 11) is -4.24. The Labute approximate surface area is 220 Å². The van der Waals surface area contributed by atoms with E-state index in [0.717, 1.165) is 24.1 Å². The van der Waals surface area contributed by atoms with Crippen LogP contribution >= 0.6 is 0 Å². The predicted molar refractivity (Wildman–Crippen MR) is 146 cm³/mol. The smallest absolute Gasteiger partial charge is 0.281 e. The van der Waals surface area contributed by atoms with Gasteiger partial charge in [-0.1, -0.05) is 6.07 Å². The summed E-state index contributed by atoms with van der Waals surface area (Å²) >= 11 is 0. The normalized spacial score (nSPS) is 17.7. The number of amides is 1. The van der Waals surface area contributed by atoms with Gasteiger partial charge in [0.2, 0.25) is 5.88 Å². The molecule has 37 heavy (non-hydrogen) atoms. The minimum absolute atomic E-state index is 0. The molecule has 0 aliphatic carbocycles. The first kappa shape index (κ1) is 26.3. The summed E-state index contributed by atoms with van der Waals surface area (Å²) < 4.78 is 33.6. The summed E-state index contributed by atoms with van der Waals surface area (Å²) in [4.78, 5) is 28.6. The molecule has 0 radical (unpaired) electrons. The second-order valence-corrected chi connectivity index (χ2v) is 11.2. The lowest BCUT2D eigenvalue weighted by Gasteiger charge is -2.29. The fourth-order valence-corrected chi connectivity index (χ4v) is 5.45. The topological polar surface area (TPSA) is 140 Å². The standard InChI is InChI=1S/C26H32N6O4S.2H2/c1-15(2)36-23-14-12-19(18(5)28-23)21-13-11-20(25(29-21)32-16(3)9-10-17(32)4)26(33)31-37(34,35)24-8-6-7-22(27)30-24;;/h6-8,11-17H,9-10H2,1-5H3,(H2,27,30)(H,31,33);2*1H/t16-,17+;;. The average molecular weight is 529 g/mol. The zero-order chi connectivity index (χ0) is 26.9. The van der Waals surface area contributed by atoms with E-state index in [0.29, 0.717) is 17.4 Å². The minimum atomic E-state index is -4.24. The van der Waals surface area contributed by atoms with Crippen LogP contribution in [0.25, 0.3) is 11.3 Å². The van der Waals surface area contributed by atoms with E-state index in [4.69, 9.17) is 15.5 Å². The number of nitrogens with zero attached hydrogens (tertiary/aromatic N) is 4. The number of nitrogens with one attached hydrogen (secondary N) is 1. The Hall–Kier alpha value is -3.73. The van der Waals surface area contributed by atoms with E-state index in [2.05, 4.69) is 33.4 Å². The molecule has 1 fully saturated rings. The van der Waals surface area contributed by atoms with Crippen molar-refractivity contribution >= 4 is 27.6 Å². The van der Waals surface area contributed by atoms with Gasteiger partial charge in [0, 0.05) is 26.6 Å². The van der Waals surface area contributed by atoms with Gasteiger partial charge < -0.3 is 15.4 Å². The molecular weight excluding hydrogens is 492 g/mol. The van der Waals surface area contributed by atoms with Crippen molar-refractivity contribution in [1.29, 1.82) is 0 Å². The number of pyridine rings is 3. The van der Waals surface area contributed by atoms with Crippen LogP contribution in [-0.4, -0.2) is 47.5 Å². The molecule has 2 atom stereocenters. The van der Waals surface area contributed by atoms with E-state index in [1.165, 1.54) is 18.2 Å². The van der Waals surface area contributed by atoms with Gasteiger partial charge in [-0.25, -0.2) is 19.7 Å². The zero-order valence-corrected chi connectivity index (χ0v) is 22.4. The maximum absolute atomic E-state index is 13.3. The molecule has 0 spiro atoms. The molecule has 0 aromatic carbocycles. The molecule has 1 saturated heterocycles. The Morgan fingerprint density at radius 1 is 1.08 bits per heavy atom. The van der Waals surface area contributed by atoms with Gasteiger partial charge in [-0.2, -0.15) is 8.42 Å². The second kappa shape index (κ2) is 10.3. The van der Waals surface area contributed by atoms with E-state index < -0.39 is 15.9 Å². The third-order valence-electron chi connectivity index (χ3n) is 6.26. The molecule has 10 nitrogen and oxygen atoms in total. The van der Waals surface area contributed by atoms with Crippen molar-refractivity contribution in [3.63, 3.8) is 0 Å². The molecule has 1 aliphatic rings. The number of nitrogens with two attached hydrogens (primary N) is 1. The van der Waals surface area contributed by atoms with Crippen LogP contribution in [0.4, 0.5) is 11.6 Å². The number of ether oxygens (including phenoxy) is 1. The number of aryl methyl sites for hydroxylation is 1. The molecule has 0 unspecified atom stereocenters. The molecule has 3 N–H and O–H groups in total. The molecule has 1 amide bonds. The Morgan fingerprint density at radius 2 is 1.78 bits per heavy atom. The molecule has 3 aromatic rings. The second-order valence-electron chi connectivity index (χ2n) is 9.53. The molecule has 3 aromatic heterocycles. The van der Waals surface area contributed by atoms with Gasteiger partial charge in [0.05, 0.1) is 23.1 Å². The highest BCUT2D eigenvalue weighted by molar-refractivity contribution is 7.90. The van der Waals surface area contributed by atoms with Gasteiger partial charge in [0.1, 0.15) is 11.6 Å². The number of sulfonamides is 1. The lowest BCUT2D eigenvalue weighted by Crippen LogP contribution is -2.37. The average Bonchev–Trinajstić information content (AvgIpc) is 3.16. The molecule has 0 saturated carbocycles. The van der Waals surface area contributed by atoms with Crippen molar-refractivity contribution in [1.82, 2.24) is 19.7 Å². The number of anilines is 2. The Balaban J connectivity index is 0.00000267. The van der Waals surface area contributed by atoms with Gasteiger partial charge in [-0.3, -0.25) is 4.79 Å². The van der Waals surface area contributed by atoms with E-state index >= 15 is 0 Å². The lowest BCUT2D eigenvalue weighted by molar-refractivity contribution is 0.0981. The highest BCUT2D eigenvalue weighted by atomic mass is 32.2. The highest BCUT2D eigenvalue weighted by Crippen LogP contribution is 2.34. The molecule has 11 heteroatoms. The number of hydrogen-bond donors (Lipinski definition) is 2. The number of hydrogen-bond acceptors (Lipinski definition) is 9. The molecular formula is C26H36N6O4S. The van der Waals surface area contributed by atoms with Crippen LogP contribution in [0.15, 0.2) is 47.5 Å². The summed E-state index contributed by atoms with van der Waals surface area (Å²) in [5, 5.41) is -0.333. The van der Waals surface area contributed by atoms with Crippen LogP contribution in [0, 0.1) is 6.92 Å². The Bertz CT molecular complexity index is 1430.